The van der Waals surface area contributed by atoms with Gasteiger partial charge in [0, 0.05) is 10.5 Å². The summed E-state index contributed by atoms with van der Waals surface area (Å²) >= 11 is 6.49. The molecule has 0 aliphatic carbocycles. The Kier molecular flexibility index (Phi) is 4.74. The van der Waals surface area contributed by atoms with Gasteiger partial charge in [0.1, 0.15) is 5.75 Å². The molecule has 104 valence electrons. The van der Waals surface area contributed by atoms with Crippen molar-refractivity contribution >= 4 is 37.5 Å². The van der Waals surface area contributed by atoms with E-state index in [9.17, 15) is 10.1 Å². The third-order valence-electron chi connectivity index (χ3n) is 2.52. The normalized spacial score (nSPS) is 10.3. The molecule has 0 bridgehead atoms. The van der Waals surface area contributed by atoms with Crippen molar-refractivity contribution in [1.82, 2.24) is 0 Å². The van der Waals surface area contributed by atoms with Gasteiger partial charge in [0.2, 0.25) is 5.75 Å². The highest BCUT2D eigenvalue weighted by molar-refractivity contribution is 9.10. The molecule has 0 aliphatic rings. The molecule has 20 heavy (non-hydrogen) atoms. The van der Waals surface area contributed by atoms with Gasteiger partial charge in [-0.3, -0.25) is 10.1 Å². The van der Waals surface area contributed by atoms with Crippen molar-refractivity contribution in [3.05, 3.63) is 61.0 Å². The van der Waals surface area contributed by atoms with Crippen LogP contribution >= 0.6 is 31.9 Å². The summed E-state index contributed by atoms with van der Waals surface area (Å²) in [7, 11) is 0. The Morgan fingerprint density at radius 2 is 1.85 bits per heavy atom. The van der Waals surface area contributed by atoms with Crippen LogP contribution in [0, 0.1) is 10.1 Å². The molecule has 2 aromatic carbocycles. The lowest BCUT2D eigenvalue weighted by molar-refractivity contribution is -0.385. The number of nitro groups is 1. The summed E-state index contributed by atoms with van der Waals surface area (Å²) < 4.78 is 6.78. The van der Waals surface area contributed by atoms with Crippen LogP contribution in [0.2, 0.25) is 0 Å². The van der Waals surface area contributed by atoms with Crippen LogP contribution in [0.3, 0.4) is 0 Å². The lowest BCUT2D eigenvalue weighted by atomic mass is 10.2. The number of aliphatic hydroxyl groups excluding tert-OH is 1. The second-order valence-corrected chi connectivity index (χ2v) is 5.66. The number of hydrogen-bond acceptors (Lipinski definition) is 4. The summed E-state index contributed by atoms with van der Waals surface area (Å²) in [5, 5.41) is 20.0. The maximum atomic E-state index is 11.0. The van der Waals surface area contributed by atoms with E-state index >= 15 is 0 Å². The predicted octanol–water partition coefficient (Wildman–Crippen LogP) is 4.40. The number of rotatable bonds is 4. The molecule has 0 amide bonds. The molecule has 0 unspecified atom stereocenters. The second kappa shape index (κ2) is 6.34. The molecule has 2 aromatic rings. The molecule has 0 saturated carbocycles. The molecular formula is C13H9Br2NO4. The molecular weight excluding hydrogens is 394 g/mol. The highest BCUT2D eigenvalue weighted by atomic mass is 79.9. The van der Waals surface area contributed by atoms with Crippen LogP contribution < -0.4 is 4.74 Å². The highest BCUT2D eigenvalue weighted by Crippen LogP contribution is 2.36. The summed E-state index contributed by atoms with van der Waals surface area (Å²) in [4.78, 5) is 10.5. The Bertz CT molecular complexity index is 661. The molecule has 1 N–H and O–H groups in total. The van der Waals surface area contributed by atoms with Crippen LogP contribution in [0.25, 0.3) is 0 Å². The van der Waals surface area contributed by atoms with Gasteiger partial charge in [0.15, 0.2) is 0 Å². The standard InChI is InChI=1S/C13H9Br2NO4/c14-9-2-4-13(11(6-9)16(18)19)20-12-3-1-8(7-17)5-10(12)15/h1-6,17H,7H2. The third kappa shape index (κ3) is 3.36. The zero-order valence-electron chi connectivity index (χ0n) is 10.0. The summed E-state index contributed by atoms with van der Waals surface area (Å²) in [6, 6.07) is 9.59. The summed E-state index contributed by atoms with van der Waals surface area (Å²) in [5.74, 6) is 0.586. The van der Waals surface area contributed by atoms with Gasteiger partial charge < -0.3 is 9.84 Å². The first-order valence-electron chi connectivity index (χ1n) is 5.52. The van der Waals surface area contributed by atoms with Gasteiger partial charge in [0.25, 0.3) is 0 Å². The van der Waals surface area contributed by atoms with Gasteiger partial charge in [0.05, 0.1) is 16.0 Å². The number of benzene rings is 2. The minimum Gasteiger partial charge on any atom is -0.449 e. The summed E-state index contributed by atoms with van der Waals surface area (Å²) in [5.41, 5.74) is 0.590. The topological polar surface area (TPSA) is 72.6 Å². The first-order chi connectivity index (χ1) is 9.51. The quantitative estimate of drug-likeness (QED) is 0.607. The Labute approximate surface area is 131 Å². The SMILES string of the molecule is O=[N+]([O-])c1cc(Br)ccc1Oc1ccc(CO)cc1Br. The van der Waals surface area contributed by atoms with Crippen molar-refractivity contribution in [1.29, 1.82) is 0 Å². The van der Waals surface area contributed by atoms with E-state index in [0.29, 0.717) is 14.7 Å². The van der Waals surface area contributed by atoms with E-state index in [2.05, 4.69) is 31.9 Å². The van der Waals surface area contributed by atoms with Gasteiger partial charge in [-0.1, -0.05) is 22.0 Å². The molecule has 0 atom stereocenters. The first-order valence-corrected chi connectivity index (χ1v) is 7.11. The molecule has 0 aliphatic heterocycles. The molecule has 0 fully saturated rings. The van der Waals surface area contributed by atoms with Gasteiger partial charge in [-0.2, -0.15) is 0 Å². The van der Waals surface area contributed by atoms with Gasteiger partial charge in [-0.25, -0.2) is 0 Å². The molecule has 7 heteroatoms. The van der Waals surface area contributed by atoms with E-state index in [0.717, 1.165) is 5.56 Å². The second-order valence-electron chi connectivity index (χ2n) is 3.89. The molecule has 0 heterocycles. The zero-order chi connectivity index (χ0) is 14.7. The number of aliphatic hydroxyl groups is 1. The first kappa shape index (κ1) is 15.0. The number of nitro benzene ring substituents is 1. The average molecular weight is 403 g/mol. The lowest BCUT2D eigenvalue weighted by Crippen LogP contribution is -1.94. The molecule has 0 aromatic heterocycles. The van der Waals surface area contributed by atoms with Crippen LogP contribution in [0.4, 0.5) is 5.69 Å². The van der Waals surface area contributed by atoms with Crippen molar-refractivity contribution in [3.63, 3.8) is 0 Å². The fourth-order valence-electron chi connectivity index (χ4n) is 1.56. The maximum Gasteiger partial charge on any atom is 0.312 e. The smallest absolute Gasteiger partial charge is 0.312 e. The summed E-state index contributed by atoms with van der Waals surface area (Å²) in [6.07, 6.45) is 0. The minimum atomic E-state index is -0.504. The van der Waals surface area contributed by atoms with E-state index < -0.39 is 4.92 Å². The Morgan fingerprint density at radius 1 is 1.15 bits per heavy atom. The van der Waals surface area contributed by atoms with Crippen LogP contribution in [0.15, 0.2) is 45.3 Å². The summed E-state index contributed by atoms with van der Waals surface area (Å²) in [6.45, 7) is -0.0860. The largest absolute Gasteiger partial charge is 0.449 e. The van der Waals surface area contributed by atoms with Gasteiger partial charge in [-0.15, -0.1) is 0 Å². The molecule has 0 radical (unpaired) electrons. The average Bonchev–Trinajstić information content (AvgIpc) is 2.42. The van der Waals surface area contributed by atoms with Crippen molar-refractivity contribution in [2.45, 2.75) is 6.61 Å². The van der Waals surface area contributed by atoms with E-state index in [-0.39, 0.29) is 18.0 Å². The van der Waals surface area contributed by atoms with E-state index in [4.69, 9.17) is 9.84 Å². The van der Waals surface area contributed by atoms with Crippen LogP contribution in [-0.2, 0) is 6.61 Å². The van der Waals surface area contributed by atoms with Crippen LogP contribution in [0.1, 0.15) is 5.56 Å². The zero-order valence-corrected chi connectivity index (χ0v) is 13.2. The number of nitrogens with zero attached hydrogens (tertiary/aromatic N) is 1. The Morgan fingerprint density at radius 3 is 2.45 bits per heavy atom. The fraction of sp³-hybridized carbons (Fsp3) is 0.0769. The van der Waals surface area contributed by atoms with Crippen molar-refractivity contribution in [2.75, 3.05) is 0 Å². The molecule has 0 spiro atoms. The van der Waals surface area contributed by atoms with E-state index in [1.807, 2.05) is 0 Å². The fourth-order valence-corrected chi connectivity index (χ4v) is 2.42. The number of hydrogen-bond donors (Lipinski definition) is 1. The lowest BCUT2D eigenvalue weighted by Gasteiger charge is -2.09. The third-order valence-corrected chi connectivity index (χ3v) is 3.63. The van der Waals surface area contributed by atoms with Crippen molar-refractivity contribution < 1.29 is 14.8 Å². The van der Waals surface area contributed by atoms with Crippen LogP contribution in [0.5, 0.6) is 11.5 Å². The monoisotopic (exact) mass is 401 g/mol. The number of halogens is 2. The van der Waals surface area contributed by atoms with Gasteiger partial charge >= 0.3 is 5.69 Å². The molecule has 0 saturated heterocycles. The Balaban J connectivity index is 2.37. The van der Waals surface area contributed by atoms with Crippen molar-refractivity contribution in [3.8, 4) is 11.5 Å². The predicted molar refractivity (Wildman–Crippen MR) is 80.9 cm³/mol. The Hall–Kier alpha value is -1.44. The van der Waals surface area contributed by atoms with Gasteiger partial charge in [-0.05, 0) is 45.8 Å². The van der Waals surface area contributed by atoms with Crippen molar-refractivity contribution in [2.24, 2.45) is 0 Å². The van der Waals surface area contributed by atoms with E-state index in [1.165, 1.54) is 12.1 Å². The number of ether oxygens (including phenoxy) is 1. The highest BCUT2D eigenvalue weighted by Gasteiger charge is 2.17. The van der Waals surface area contributed by atoms with Crippen LogP contribution in [-0.4, -0.2) is 10.0 Å². The molecule has 2 rings (SSSR count). The van der Waals surface area contributed by atoms with E-state index in [1.54, 1.807) is 24.3 Å². The maximum absolute atomic E-state index is 11.0. The molecule has 5 nitrogen and oxygen atoms in total. The minimum absolute atomic E-state index is 0.0860.